The molecule has 0 spiro atoms. The van der Waals surface area contributed by atoms with Crippen LogP contribution in [0.4, 0.5) is 5.95 Å². The predicted molar refractivity (Wildman–Crippen MR) is 82.6 cm³/mol. The summed E-state index contributed by atoms with van der Waals surface area (Å²) in [4.78, 5) is 22.3. The Hall–Kier alpha value is -1.97. The van der Waals surface area contributed by atoms with Crippen molar-refractivity contribution in [3.05, 3.63) is 16.7 Å². The van der Waals surface area contributed by atoms with E-state index in [1.54, 1.807) is 0 Å². The summed E-state index contributed by atoms with van der Waals surface area (Å²) in [7, 11) is 0. The van der Waals surface area contributed by atoms with E-state index in [1.165, 1.54) is 17.8 Å². The second-order valence-electron chi connectivity index (χ2n) is 6.60. The highest BCUT2D eigenvalue weighted by atomic mass is 16.6. The second kappa shape index (κ2) is 5.29. The molecule has 0 saturated carbocycles. The van der Waals surface area contributed by atoms with Crippen LogP contribution in [0.5, 0.6) is 0 Å². The molecule has 0 aliphatic carbocycles. The Morgan fingerprint density at radius 3 is 2.91 bits per heavy atom. The maximum Gasteiger partial charge on any atom is 0.280 e. The van der Waals surface area contributed by atoms with Crippen molar-refractivity contribution in [2.24, 2.45) is 5.92 Å². The number of aliphatic hydroxyl groups excluding tert-OH is 1. The maximum absolute atomic E-state index is 11.9. The number of aromatic amines is 1. The maximum atomic E-state index is 11.9. The fourth-order valence-electron chi connectivity index (χ4n) is 3.01. The van der Waals surface area contributed by atoms with Gasteiger partial charge in [0.25, 0.3) is 5.56 Å². The predicted octanol–water partition coefficient (Wildman–Crippen LogP) is -0.243. The lowest BCUT2D eigenvalue weighted by Crippen LogP contribution is -2.43. The Labute approximate surface area is 132 Å². The van der Waals surface area contributed by atoms with Crippen molar-refractivity contribution in [2.45, 2.75) is 51.2 Å². The molecule has 5 N–H and O–H groups in total. The molecule has 1 fully saturated rings. The summed E-state index contributed by atoms with van der Waals surface area (Å²) < 4.78 is 7.30. The molecule has 0 radical (unpaired) electrons. The van der Waals surface area contributed by atoms with Crippen LogP contribution in [0.25, 0.3) is 11.2 Å². The van der Waals surface area contributed by atoms with Gasteiger partial charge in [-0.2, -0.15) is 4.98 Å². The van der Waals surface area contributed by atoms with E-state index in [0.29, 0.717) is 12.3 Å². The quantitative estimate of drug-likeness (QED) is 0.611. The van der Waals surface area contributed by atoms with Gasteiger partial charge in [-0.3, -0.25) is 14.3 Å². The number of H-pyrrole nitrogens is 1. The van der Waals surface area contributed by atoms with Crippen LogP contribution < -0.4 is 11.3 Å². The molecule has 9 heteroatoms. The molecule has 2 aromatic heterocycles. The van der Waals surface area contributed by atoms with Gasteiger partial charge >= 0.3 is 0 Å². The van der Waals surface area contributed by atoms with Gasteiger partial charge in [0.2, 0.25) is 5.95 Å². The molecule has 3 rings (SSSR count). The number of hydrogen-bond donors (Lipinski definition) is 4. The first-order valence-corrected chi connectivity index (χ1v) is 7.50. The lowest BCUT2D eigenvalue weighted by atomic mass is 9.92. The van der Waals surface area contributed by atoms with Gasteiger partial charge in [0.1, 0.15) is 11.7 Å². The first kappa shape index (κ1) is 15.9. The van der Waals surface area contributed by atoms with Gasteiger partial charge in [-0.05, 0) is 19.3 Å². The van der Waals surface area contributed by atoms with E-state index in [4.69, 9.17) is 10.5 Å². The molecule has 0 aromatic carbocycles. The number of aliphatic hydroxyl groups is 2. The van der Waals surface area contributed by atoms with Crippen LogP contribution in [0.2, 0.25) is 0 Å². The minimum absolute atomic E-state index is 0.0545. The van der Waals surface area contributed by atoms with Crippen LogP contribution in [0, 0.1) is 5.92 Å². The van der Waals surface area contributed by atoms with E-state index in [1.807, 2.05) is 13.8 Å². The monoisotopic (exact) mass is 323 g/mol. The number of nitrogens with two attached hydrogens (primary N) is 1. The first-order chi connectivity index (χ1) is 10.7. The van der Waals surface area contributed by atoms with Crippen LogP contribution in [0.1, 0.15) is 33.4 Å². The fraction of sp³-hybridized carbons (Fsp3) is 0.643. The Morgan fingerprint density at radius 1 is 1.57 bits per heavy atom. The average molecular weight is 323 g/mol. The SMILES string of the molecule is CC(C)C[C@H]1O[C@@H](n2cnc3c(=O)[nH]c(N)nc32)[C@](C)(O)[C@@H]1O. The Balaban J connectivity index is 2.06. The van der Waals surface area contributed by atoms with E-state index >= 15 is 0 Å². The van der Waals surface area contributed by atoms with Gasteiger partial charge in [0, 0.05) is 0 Å². The molecule has 1 saturated heterocycles. The van der Waals surface area contributed by atoms with E-state index < -0.39 is 29.6 Å². The number of rotatable bonds is 3. The first-order valence-electron chi connectivity index (χ1n) is 7.50. The number of hydrogen-bond acceptors (Lipinski definition) is 7. The summed E-state index contributed by atoms with van der Waals surface area (Å²) in [5.41, 5.74) is 3.86. The molecule has 126 valence electrons. The minimum atomic E-state index is -1.55. The fourth-order valence-corrected chi connectivity index (χ4v) is 3.01. The summed E-state index contributed by atoms with van der Waals surface area (Å²) in [6.45, 7) is 5.50. The average Bonchev–Trinajstić information content (AvgIpc) is 2.93. The number of imidazole rings is 1. The summed E-state index contributed by atoms with van der Waals surface area (Å²) in [6.07, 6.45) is -0.550. The van der Waals surface area contributed by atoms with Crippen LogP contribution in [-0.4, -0.2) is 47.5 Å². The molecule has 0 bridgehead atoms. The van der Waals surface area contributed by atoms with Crippen molar-refractivity contribution in [3.63, 3.8) is 0 Å². The zero-order valence-electron chi connectivity index (χ0n) is 13.2. The number of fused-ring (bicyclic) bond motifs is 1. The third kappa shape index (κ3) is 2.50. The molecule has 2 aromatic rings. The molecular weight excluding hydrogens is 302 g/mol. The van der Waals surface area contributed by atoms with Crippen molar-refractivity contribution in [1.29, 1.82) is 0 Å². The normalized spacial score (nSPS) is 31.3. The minimum Gasteiger partial charge on any atom is -0.387 e. The van der Waals surface area contributed by atoms with Crippen LogP contribution in [0.3, 0.4) is 0 Å². The van der Waals surface area contributed by atoms with Gasteiger partial charge in [0.15, 0.2) is 17.4 Å². The standard InChI is InChI=1S/C14H21N5O4/c1-6(2)4-7-9(20)14(3,22)12(23-7)19-5-16-8-10(19)17-13(15)18-11(8)21/h5-7,9,12,20,22H,4H2,1-3H3,(H3,15,17,18,21)/t7-,9-,12-,14-/m1/s1. The number of nitrogens with zero attached hydrogens (tertiary/aromatic N) is 3. The molecular formula is C14H21N5O4. The zero-order valence-corrected chi connectivity index (χ0v) is 13.2. The van der Waals surface area contributed by atoms with E-state index in [0.717, 1.165) is 0 Å². The summed E-state index contributed by atoms with van der Waals surface area (Å²) in [6, 6.07) is 0. The van der Waals surface area contributed by atoms with E-state index in [9.17, 15) is 15.0 Å². The van der Waals surface area contributed by atoms with Crippen molar-refractivity contribution in [3.8, 4) is 0 Å². The lowest BCUT2D eigenvalue weighted by molar-refractivity contribution is -0.0943. The van der Waals surface area contributed by atoms with Gasteiger partial charge in [0.05, 0.1) is 12.4 Å². The molecule has 0 amide bonds. The highest BCUT2D eigenvalue weighted by molar-refractivity contribution is 5.70. The van der Waals surface area contributed by atoms with Crippen molar-refractivity contribution < 1.29 is 14.9 Å². The largest absolute Gasteiger partial charge is 0.387 e. The Morgan fingerprint density at radius 2 is 2.26 bits per heavy atom. The highest BCUT2D eigenvalue weighted by Gasteiger charge is 2.53. The smallest absolute Gasteiger partial charge is 0.280 e. The molecule has 0 unspecified atom stereocenters. The van der Waals surface area contributed by atoms with E-state index in [-0.39, 0.29) is 17.1 Å². The third-order valence-corrected chi connectivity index (χ3v) is 4.16. The summed E-state index contributed by atoms with van der Waals surface area (Å²) in [5.74, 6) is 0.238. The van der Waals surface area contributed by atoms with Crippen LogP contribution >= 0.6 is 0 Å². The lowest BCUT2D eigenvalue weighted by Gasteiger charge is -2.27. The van der Waals surface area contributed by atoms with Crippen LogP contribution in [0.15, 0.2) is 11.1 Å². The molecule has 9 nitrogen and oxygen atoms in total. The zero-order chi connectivity index (χ0) is 16.9. The number of nitrogens with one attached hydrogen (secondary N) is 1. The number of nitrogen functional groups attached to an aromatic ring is 1. The molecule has 3 heterocycles. The van der Waals surface area contributed by atoms with Crippen LogP contribution in [-0.2, 0) is 4.74 Å². The number of ether oxygens (including phenoxy) is 1. The Kier molecular flexibility index (Phi) is 3.66. The van der Waals surface area contributed by atoms with Crippen molar-refractivity contribution in [2.75, 3.05) is 5.73 Å². The highest BCUT2D eigenvalue weighted by Crippen LogP contribution is 2.41. The topological polar surface area (TPSA) is 139 Å². The molecule has 1 aliphatic heterocycles. The van der Waals surface area contributed by atoms with Crippen molar-refractivity contribution >= 4 is 17.1 Å². The second-order valence-corrected chi connectivity index (χ2v) is 6.60. The van der Waals surface area contributed by atoms with Gasteiger partial charge in [-0.25, -0.2) is 4.98 Å². The van der Waals surface area contributed by atoms with Gasteiger partial charge in [-0.1, -0.05) is 13.8 Å². The van der Waals surface area contributed by atoms with Gasteiger partial charge < -0.3 is 20.7 Å². The van der Waals surface area contributed by atoms with Gasteiger partial charge in [-0.15, -0.1) is 0 Å². The number of aromatic nitrogens is 4. The third-order valence-electron chi connectivity index (χ3n) is 4.16. The van der Waals surface area contributed by atoms with Crippen molar-refractivity contribution in [1.82, 2.24) is 19.5 Å². The Bertz CT molecular complexity index is 781. The molecule has 1 aliphatic rings. The molecule has 4 atom stereocenters. The molecule has 23 heavy (non-hydrogen) atoms. The number of anilines is 1. The summed E-state index contributed by atoms with van der Waals surface area (Å²) in [5, 5.41) is 21.1. The van der Waals surface area contributed by atoms with E-state index in [2.05, 4.69) is 15.0 Å². The summed E-state index contributed by atoms with van der Waals surface area (Å²) >= 11 is 0.